The molecule has 0 spiro atoms. The van der Waals surface area contributed by atoms with Gasteiger partial charge in [0.15, 0.2) is 0 Å². The third-order valence-electron chi connectivity index (χ3n) is 5.58. The van der Waals surface area contributed by atoms with Crippen molar-refractivity contribution in [3.63, 3.8) is 0 Å². The van der Waals surface area contributed by atoms with Gasteiger partial charge in [0, 0.05) is 19.3 Å². The molecule has 16 heavy (non-hydrogen) atoms. The highest BCUT2D eigenvalue weighted by molar-refractivity contribution is 5.75. The fraction of sp³-hybridized carbons (Fsp3) is 0.923. The maximum atomic E-state index is 11.6. The van der Waals surface area contributed by atoms with E-state index >= 15 is 0 Å². The Morgan fingerprint density at radius 1 is 1.19 bits per heavy atom. The van der Waals surface area contributed by atoms with E-state index in [1.165, 1.54) is 24.2 Å². The third kappa shape index (κ3) is 1.21. The molecule has 2 unspecified atom stereocenters. The van der Waals surface area contributed by atoms with E-state index in [2.05, 4.69) is 14.1 Å². The molecular weight excluding hydrogens is 202 g/mol. The van der Waals surface area contributed by atoms with Gasteiger partial charge in [0.2, 0.25) is 0 Å². The lowest BCUT2D eigenvalue weighted by atomic mass is 9.46. The summed E-state index contributed by atoms with van der Waals surface area (Å²) in [5, 5.41) is 9.57. The molecule has 4 aliphatic carbocycles. The van der Waals surface area contributed by atoms with Crippen LogP contribution < -0.4 is 4.90 Å². The molecule has 0 aromatic heterocycles. The number of aliphatic carboxylic acids is 1. The molecule has 0 saturated heterocycles. The van der Waals surface area contributed by atoms with Crippen LogP contribution in [0.15, 0.2) is 0 Å². The highest BCUT2D eigenvalue weighted by Crippen LogP contribution is 2.60. The predicted octanol–water partition coefficient (Wildman–Crippen LogP) is 0.554. The maximum absolute atomic E-state index is 11.6. The Morgan fingerprint density at radius 3 is 2.19 bits per heavy atom. The summed E-state index contributed by atoms with van der Waals surface area (Å²) in [6.07, 6.45) is 6.65. The van der Waals surface area contributed by atoms with Crippen molar-refractivity contribution < 1.29 is 14.8 Å². The standard InChI is InChI=1S/C13H21NO2/c1-14(2)13-6-9-3-10(7-13)5-12(4-9,8-13)11(15)16/h9-10H,3-8H2,1-2H3,(H,15,16)/p+1. The summed E-state index contributed by atoms with van der Waals surface area (Å²) in [6.45, 7) is 0. The number of nitrogens with one attached hydrogen (secondary N) is 1. The second-order valence-corrected chi connectivity index (χ2v) is 6.83. The van der Waals surface area contributed by atoms with Crippen LogP contribution in [0, 0.1) is 17.3 Å². The second kappa shape index (κ2) is 3.00. The lowest BCUT2D eigenvalue weighted by molar-refractivity contribution is -0.922. The van der Waals surface area contributed by atoms with Gasteiger partial charge in [0.25, 0.3) is 0 Å². The molecule has 2 N–H and O–H groups in total. The number of carbonyl (C=O) groups is 1. The van der Waals surface area contributed by atoms with Crippen LogP contribution in [0.4, 0.5) is 0 Å². The summed E-state index contributed by atoms with van der Waals surface area (Å²) >= 11 is 0. The van der Waals surface area contributed by atoms with E-state index in [4.69, 9.17) is 0 Å². The molecule has 0 aromatic rings. The summed E-state index contributed by atoms with van der Waals surface area (Å²) in [5.74, 6) is 0.853. The molecule has 0 amide bonds. The summed E-state index contributed by atoms with van der Waals surface area (Å²) in [7, 11) is 4.42. The monoisotopic (exact) mass is 224 g/mol. The van der Waals surface area contributed by atoms with Crippen LogP contribution in [0.25, 0.3) is 0 Å². The molecule has 4 aliphatic rings. The summed E-state index contributed by atoms with van der Waals surface area (Å²) in [5.41, 5.74) is -0.0795. The Hall–Kier alpha value is -0.570. The van der Waals surface area contributed by atoms with Crippen LogP contribution in [0.2, 0.25) is 0 Å². The highest BCUT2D eigenvalue weighted by atomic mass is 16.4. The zero-order valence-corrected chi connectivity index (χ0v) is 10.3. The van der Waals surface area contributed by atoms with Gasteiger partial charge in [-0.05, 0) is 31.1 Å². The van der Waals surface area contributed by atoms with E-state index in [-0.39, 0.29) is 11.0 Å². The van der Waals surface area contributed by atoms with Crippen molar-refractivity contribution in [2.75, 3.05) is 14.1 Å². The summed E-state index contributed by atoms with van der Waals surface area (Å²) in [6, 6.07) is 0. The first-order valence-electron chi connectivity index (χ1n) is 6.50. The largest absolute Gasteiger partial charge is 0.481 e. The van der Waals surface area contributed by atoms with E-state index in [1.807, 2.05) is 0 Å². The van der Waals surface area contributed by atoms with E-state index < -0.39 is 5.97 Å². The van der Waals surface area contributed by atoms with Gasteiger partial charge in [-0.25, -0.2) is 0 Å². The van der Waals surface area contributed by atoms with Gasteiger partial charge in [-0.1, -0.05) is 0 Å². The summed E-state index contributed by atoms with van der Waals surface area (Å²) in [4.78, 5) is 13.1. The van der Waals surface area contributed by atoms with Crippen molar-refractivity contribution in [3.8, 4) is 0 Å². The minimum atomic E-state index is -0.521. The fourth-order valence-electron chi connectivity index (χ4n) is 5.10. The summed E-state index contributed by atoms with van der Waals surface area (Å²) < 4.78 is 0. The van der Waals surface area contributed by atoms with Gasteiger partial charge in [-0.3, -0.25) is 4.79 Å². The van der Waals surface area contributed by atoms with E-state index in [1.54, 1.807) is 0 Å². The number of hydrogen-bond acceptors (Lipinski definition) is 1. The molecule has 0 aromatic carbocycles. The molecule has 4 saturated carbocycles. The van der Waals surface area contributed by atoms with Crippen LogP contribution in [-0.2, 0) is 4.79 Å². The van der Waals surface area contributed by atoms with Crippen LogP contribution in [0.5, 0.6) is 0 Å². The van der Waals surface area contributed by atoms with Crippen LogP contribution >= 0.6 is 0 Å². The number of rotatable bonds is 2. The molecule has 4 fully saturated rings. The molecule has 2 atom stereocenters. The van der Waals surface area contributed by atoms with Crippen molar-refractivity contribution >= 4 is 5.97 Å². The fourth-order valence-corrected chi connectivity index (χ4v) is 5.10. The minimum absolute atomic E-state index is 0.280. The first-order chi connectivity index (χ1) is 7.46. The zero-order valence-electron chi connectivity index (χ0n) is 10.3. The lowest BCUT2D eigenvalue weighted by Crippen LogP contribution is -3.16. The number of carboxylic acids is 1. The van der Waals surface area contributed by atoms with Gasteiger partial charge in [0.1, 0.15) is 0 Å². The van der Waals surface area contributed by atoms with E-state index in [0.717, 1.165) is 19.3 Å². The molecule has 0 aliphatic heterocycles. The first-order valence-corrected chi connectivity index (χ1v) is 6.50. The van der Waals surface area contributed by atoms with Gasteiger partial charge in [-0.2, -0.15) is 0 Å². The Balaban J connectivity index is 2.00. The molecule has 90 valence electrons. The molecule has 3 heteroatoms. The predicted molar refractivity (Wildman–Crippen MR) is 60.3 cm³/mol. The number of hydrogen-bond donors (Lipinski definition) is 2. The molecule has 0 radical (unpaired) electrons. The van der Waals surface area contributed by atoms with Gasteiger partial charge < -0.3 is 10.0 Å². The Morgan fingerprint density at radius 2 is 1.75 bits per heavy atom. The average molecular weight is 224 g/mol. The normalized spacial score (nSPS) is 49.9. The van der Waals surface area contributed by atoms with Gasteiger partial charge in [0.05, 0.1) is 25.0 Å². The lowest BCUT2D eigenvalue weighted by Gasteiger charge is -2.60. The van der Waals surface area contributed by atoms with Crippen LogP contribution in [0.1, 0.15) is 38.5 Å². The van der Waals surface area contributed by atoms with Gasteiger partial charge >= 0.3 is 5.97 Å². The Bertz CT molecular complexity index is 323. The first kappa shape index (κ1) is 10.6. The van der Waals surface area contributed by atoms with Crippen molar-refractivity contribution in [3.05, 3.63) is 0 Å². The SMILES string of the molecule is C[NH+](C)C12CC3CC(CC(C(=O)O)(C3)C1)C2. The van der Waals surface area contributed by atoms with Crippen LogP contribution in [-0.4, -0.2) is 30.7 Å². The highest BCUT2D eigenvalue weighted by Gasteiger charge is 2.63. The molecule has 4 rings (SSSR count). The van der Waals surface area contributed by atoms with Crippen molar-refractivity contribution in [1.29, 1.82) is 0 Å². The van der Waals surface area contributed by atoms with E-state index in [9.17, 15) is 9.90 Å². The smallest absolute Gasteiger partial charge is 0.309 e. The molecule has 3 nitrogen and oxygen atoms in total. The molecule has 0 heterocycles. The van der Waals surface area contributed by atoms with Gasteiger partial charge in [-0.15, -0.1) is 0 Å². The molecule has 4 bridgehead atoms. The topological polar surface area (TPSA) is 41.7 Å². The van der Waals surface area contributed by atoms with E-state index in [0.29, 0.717) is 11.8 Å². The van der Waals surface area contributed by atoms with Crippen molar-refractivity contribution in [2.45, 2.75) is 44.1 Å². The zero-order chi connectivity index (χ0) is 11.6. The minimum Gasteiger partial charge on any atom is -0.481 e. The Labute approximate surface area is 96.8 Å². The average Bonchev–Trinajstić information content (AvgIpc) is 2.14. The number of carboxylic acid groups (broad SMARTS) is 1. The van der Waals surface area contributed by atoms with Crippen molar-refractivity contribution in [1.82, 2.24) is 0 Å². The quantitative estimate of drug-likeness (QED) is 0.719. The molecular formula is C13H22NO2+. The van der Waals surface area contributed by atoms with Crippen molar-refractivity contribution in [2.24, 2.45) is 17.3 Å². The van der Waals surface area contributed by atoms with Crippen LogP contribution in [0.3, 0.4) is 0 Å². The third-order valence-corrected chi connectivity index (χ3v) is 5.58. The second-order valence-electron chi connectivity index (χ2n) is 6.83. The Kier molecular flexibility index (Phi) is 1.99. The maximum Gasteiger partial charge on any atom is 0.309 e. The number of quaternary nitrogens is 1.